The quantitative estimate of drug-likeness (QED) is 0.424. The summed E-state index contributed by atoms with van der Waals surface area (Å²) in [5.41, 5.74) is 5.32. The number of carbonyl (C=O) groups is 1. The number of thioether (sulfide) groups is 1. The smallest absolute Gasteiger partial charge is 0.251 e. The van der Waals surface area contributed by atoms with Gasteiger partial charge in [-0.25, -0.2) is 0 Å². The molecule has 3 aromatic rings. The number of methoxy groups -OCH3 is 1. The number of carbonyl (C=O) groups excluding carboxylic acids is 1. The second kappa shape index (κ2) is 10.4. The first-order chi connectivity index (χ1) is 14.5. The van der Waals surface area contributed by atoms with E-state index in [4.69, 9.17) is 4.74 Å². The van der Waals surface area contributed by atoms with E-state index in [1.54, 1.807) is 18.9 Å². The van der Waals surface area contributed by atoms with Crippen molar-refractivity contribution < 1.29 is 9.53 Å². The van der Waals surface area contributed by atoms with Crippen LogP contribution in [0.5, 0.6) is 5.75 Å². The maximum Gasteiger partial charge on any atom is 0.251 e. The summed E-state index contributed by atoms with van der Waals surface area (Å²) in [6, 6.07) is 22.5. The fourth-order valence-electron chi connectivity index (χ4n) is 3.33. The Labute approximate surface area is 183 Å². The standard InChI is InChI=1S/C26H29NO2S/c1-5-24(22-12-15-25(29-4)19(3)16-22)27-26(28)21-10-8-20(9-11-21)17-30-23-13-6-18(2)7-14-23/h6-16,24H,5,17H2,1-4H3,(H,27,28)/t24-/m1/s1. The number of hydrogen-bond donors (Lipinski definition) is 1. The molecule has 30 heavy (non-hydrogen) atoms. The molecular formula is C26H29NO2S. The summed E-state index contributed by atoms with van der Waals surface area (Å²) in [4.78, 5) is 14.0. The minimum Gasteiger partial charge on any atom is -0.496 e. The second-order valence-electron chi connectivity index (χ2n) is 7.46. The molecule has 3 rings (SSSR count). The van der Waals surface area contributed by atoms with E-state index in [2.05, 4.69) is 49.5 Å². The van der Waals surface area contributed by atoms with E-state index in [0.29, 0.717) is 5.56 Å². The highest BCUT2D eigenvalue weighted by Crippen LogP contribution is 2.25. The van der Waals surface area contributed by atoms with Crippen molar-refractivity contribution in [2.24, 2.45) is 0 Å². The molecule has 0 spiro atoms. The number of aryl methyl sites for hydroxylation is 2. The molecule has 4 heteroatoms. The van der Waals surface area contributed by atoms with Crippen molar-refractivity contribution in [3.8, 4) is 5.75 Å². The van der Waals surface area contributed by atoms with Gasteiger partial charge in [-0.1, -0.05) is 48.9 Å². The van der Waals surface area contributed by atoms with E-state index in [1.165, 1.54) is 16.0 Å². The summed E-state index contributed by atoms with van der Waals surface area (Å²) >= 11 is 1.80. The van der Waals surface area contributed by atoms with Gasteiger partial charge in [0.1, 0.15) is 5.75 Å². The predicted octanol–water partition coefficient (Wildman–Crippen LogP) is 6.49. The van der Waals surface area contributed by atoms with Gasteiger partial charge in [-0.2, -0.15) is 0 Å². The summed E-state index contributed by atoms with van der Waals surface area (Å²) in [6.45, 7) is 6.19. The van der Waals surface area contributed by atoms with Crippen molar-refractivity contribution in [3.05, 3.63) is 94.5 Å². The van der Waals surface area contributed by atoms with Gasteiger partial charge >= 0.3 is 0 Å². The average molecular weight is 420 g/mol. The SMILES string of the molecule is CC[C@@H](NC(=O)c1ccc(CSc2ccc(C)cc2)cc1)c1ccc(OC)c(C)c1. The molecule has 0 fully saturated rings. The summed E-state index contributed by atoms with van der Waals surface area (Å²) in [5.74, 6) is 1.69. The van der Waals surface area contributed by atoms with Crippen molar-refractivity contribution in [3.63, 3.8) is 0 Å². The van der Waals surface area contributed by atoms with Crippen LogP contribution in [0.2, 0.25) is 0 Å². The van der Waals surface area contributed by atoms with E-state index in [0.717, 1.165) is 29.1 Å². The van der Waals surface area contributed by atoms with Gasteiger partial charge in [-0.05, 0) is 67.3 Å². The molecule has 1 atom stereocenters. The molecule has 0 saturated heterocycles. The number of nitrogens with one attached hydrogen (secondary N) is 1. The molecule has 1 N–H and O–H groups in total. The zero-order chi connectivity index (χ0) is 21.5. The second-order valence-corrected chi connectivity index (χ2v) is 8.51. The highest BCUT2D eigenvalue weighted by atomic mass is 32.2. The largest absolute Gasteiger partial charge is 0.496 e. The number of hydrogen-bond acceptors (Lipinski definition) is 3. The molecule has 0 radical (unpaired) electrons. The molecule has 0 aliphatic heterocycles. The van der Waals surface area contributed by atoms with Gasteiger partial charge in [-0.15, -0.1) is 11.8 Å². The molecule has 0 aliphatic rings. The van der Waals surface area contributed by atoms with Gasteiger partial charge in [-0.3, -0.25) is 4.79 Å². The first-order valence-electron chi connectivity index (χ1n) is 10.2. The Balaban J connectivity index is 1.61. The molecule has 156 valence electrons. The lowest BCUT2D eigenvalue weighted by Gasteiger charge is -2.19. The van der Waals surface area contributed by atoms with E-state index in [-0.39, 0.29) is 11.9 Å². The Kier molecular flexibility index (Phi) is 7.58. The van der Waals surface area contributed by atoms with Crippen LogP contribution in [0.15, 0.2) is 71.6 Å². The number of ether oxygens (including phenoxy) is 1. The first-order valence-corrected chi connectivity index (χ1v) is 11.2. The maximum atomic E-state index is 12.8. The van der Waals surface area contributed by atoms with Gasteiger partial charge in [0, 0.05) is 16.2 Å². The molecule has 0 saturated carbocycles. The molecule has 0 unspecified atom stereocenters. The van der Waals surface area contributed by atoms with Gasteiger partial charge in [0.2, 0.25) is 0 Å². The van der Waals surface area contributed by atoms with Crippen LogP contribution in [0.3, 0.4) is 0 Å². The third-order valence-corrected chi connectivity index (χ3v) is 6.26. The van der Waals surface area contributed by atoms with Crippen LogP contribution in [0.1, 0.15) is 52.0 Å². The van der Waals surface area contributed by atoms with Crippen LogP contribution >= 0.6 is 11.8 Å². The number of benzene rings is 3. The number of rotatable bonds is 8. The van der Waals surface area contributed by atoms with Gasteiger partial charge < -0.3 is 10.1 Å². The molecule has 1 amide bonds. The summed E-state index contributed by atoms with van der Waals surface area (Å²) in [6.07, 6.45) is 0.822. The lowest BCUT2D eigenvalue weighted by atomic mass is 10.0. The highest BCUT2D eigenvalue weighted by Gasteiger charge is 2.15. The van der Waals surface area contributed by atoms with Gasteiger partial charge in [0.25, 0.3) is 5.91 Å². The van der Waals surface area contributed by atoms with Crippen molar-refractivity contribution in [1.82, 2.24) is 5.32 Å². The van der Waals surface area contributed by atoms with Crippen molar-refractivity contribution in [2.75, 3.05) is 7.11 Å². The Morgan fingerprint density at radius 2 is 1.70 bits per heavy atom. The van der Waals surface area contributed by atoms with Crippen LogP contribution in [-0.2, 0) is 5.75 Å². The molecule has 0 aromatic heterocycles. The highest BCUT2D eigenvalue weighted by molar-refractivity contribution is 7.98. The topological polar surface area (TPSA) is 38.3 Å². The van der Waals surface area contributed by atoms with Crippen molar-refractivity contribution in [2.45, 2.75) is 43.9 Å². The lowest BCUT2D eigenvalue weighted by Crippen LogP contribution is -2.28. The minimum absolute atomic E-state index is 0.0288. The summed E-state index contributed by atoms with van der Waals surface area (Å²) < 4.78 is 5.34. The maximum absolute atomic E-state index is 12.8. The molecule has 3 aromatic carbocycles. The zero-order valence-electron chi connectivity index (χ0n) is 18.1. The minimum atomic E-state index is -0.0481. The molecule has 3 nitrogen and oxygen atoms in total. The fraction of sp³-hybridized carbons (Fsp3) is 0.269. The first kappa shape index (κ1) is 22.0. The molecule has 0 aliphatic carbocycles. The van der Waals surface area contributed by atoms with Crippen LogP contribution in [0.4, 0.5) is 0 Å². The normalized spacial score (nSPS) is 11.7. The van der Waals surface area contributed by atoms with Crippen molar-refractivity contribution in [1.29, 1.82) is 0 Å². The predicted molar refractivity (Wildman–Crippen MR) is 125 cm³/mol. The van der Waals surface area contributed by atoms with Crippen LogP contribution in [-0.4, -0.2) is 13.0 Å². The van der Waals surface area contributed by atoms with E-state index in [1.807, 2.05) is 43.3 Å². The summed E-state index contributed by atoms with van der Waals surface area (Å²) in [7, 11) is 1.67. The fourth-order valence-corrected chi connectivity index (χ4v) is 4.19. The van der Waals surface area contributed by atoms with Gasteiger partial charge in [0.05, 0.1) is 13.2 Å². The third-order valence-electron chi connectivity index (χ3n) is 5.18. The van der Waals surface area contributed by atoms with Crippen LogP contribution in [0.25, 0.3) is 0 Å². The molecule has 0 bridgehead atoms. The van der Waals surface area contributed by atoms with Crippen molar-refractivity contribution >= 4 is 17.7 Å². The Bertz CT molecular complexity index is 981. The Morgan fingerprint density at radius 3 is 2.30 bits per heavy atom. The Hall–Kier alpha value is -2.72. The average Bonchev–Trinajstić information content (AvgIpc) is 2.77. The third kappa shape index (κ3) is 5.67. The summed E-state index contributed by atoms with van der Waals surface area (Å²) in [5, 5.41) is 3.16. The van der Waals surface area contributed by atoms with Gasteiger partial charge in [0.15, 0.2) is 0 Å². The zero-order valence-corrected chi connectivity index (χ0v) is 18.9. The van der Waals surface area contributed by atoms with E-state index < -0.39 is 0 Å². The van der Waals surface area contributed by atoms with Crippen LogP contribution < -0.4 is 10.1 Å². The van der Waals surface area contributed by atoms with E-state index >= 15 is 0 Å². The number of amides is 1. The van der Waals surface area contributed by atoms with E-state index in [9.17, 15) is 4.79 Å². The molecular weight excluding hydrogens is 390 g/mol. The monoisotopic (exact) mass is 419 g/mol. The van der Waals surface area contributed by atoms with Crippen LogP contribution in [0, 0.1) is 13.8 Å². The lowest BCUT2D eigenvalue weighted by molar-refractivity contribution is 0.0935. The Morgan fingerprint density at radius 1 is 1.00 bits per heavy atom. The molecule has 0 heterocycles.